The summed E-state index contributed by atoms with van der Waals surface area (Å²) >= 11 is 0. The number of nitrogens with zero attached hydrogens (tertiary/aromatic N) is 2. The van der Waals surface area contributed by atoms with Crippen molar-refractivity contribution in [1.29, 1.82) is 0 Å². The van der Waals surface area contributed by atoms with Gasteiger partial charge in [-0.3, -0.25) is 0 Å². The van der Waals surface area contributed by atoms with E-state index in [4.69, 9.17) is 4.42 Å². The van der Waals surface area contributed by atoms with Crippen LogP contribution in [0.3, 0.4) is 0 Å². The zero-order valence-corrected chi connectivity index (χ0v) is 7.61. The predicted molar refractivity (Wildman–Crippen MR) is 49.2 cm³/mol. The highest BCUT2D eigenvalue weighted by Crippen LogP contribution is 2.20. The van der Waals surface area contributed by atoms with E-state index in [1.807, 2.05) is 26.0 Å². The van der Waals surface area contributed by atoms with Crippen LogP contribution in [-0.2, 0) is 0 Å². The lowest BCUT2D eigenvalue weighted by Gasteiger charge is -2.01. The number of aromatic nitrogens is 2. The van der Waals surface area contributed by atoms with Crippen molar-refractivity contribution in [3.63, 3.8) is 0 Å². The molecule has 0 spiro atoms. The second-order valence-electron chi connectivity index (χ2n) is 2.93. The Bertz CT molecular complexity index is 407. The molecule has 0 amide bonds. The summed E-state index contributed by atoms with van der Waals surface area (Å²) in [6, 6.07) is 3.75. The summed E-state index contributed by atoms with van der Waals surface area (Å²) in [6.07, 6.45) is 3.45. The molecular weight excluding hydrogens is 164 g/mol. The standard InChI is InChI=1S/C10H10N2O/c1-7-6-11-8(2)12-10(7)9-4-3-5-13-9/h3-6H,1-2H3. The lowest BCUT2D eigenvalue weighted by molar-refractivity contribution is 0.579. The van der Waals surface area contributed by atoms with Gasteiger partial charge < -0.3 is 4.42 Å². The molecule has 0 aliphatic carbocycles. The van der Waals surface area contributed by atoms with Gasteiger partial charge in [-0.05, 0) is 31.5 Å². The molecule has 0 atom stereocenters. The summed E-state index contributed by atoms with van der Waals surface area (Å²) in [5.41, 5.74) is 1.90. The second kappa shape index (κ2) is 3.01. The third kappa shape index (κ3) is 1.45. The number of furan rings is 1. The molecule has 0 fully saturated rings. The van der Waals surface area contributed by atoms with E-state index in [9.17, 15) is 0 Å². The van der Waals surface area contributed by atoms with Gasteiger partial charge in [0.2, 0.25) is 0 Å². The maximum Gasteiger partial charge on any atom is 0.152 e. The van der Waals surface area contributed by atoms with Crippen LogP contribution in [0.1, 0.15) is 11.4 Å². The van der Waals surface area contributed by atoms with Gasteiger partial charge in [0.05, 0.1) is 6.26 Å². The summed E-state index contributed by atoms with van der Waals surface area (Å²) in [5.74, 6) is 1.56. The molecule has 0 saturated heterocycles. The Balaban J connectivity index is 2.57. The van der Waals surface area contributed by atoms with Crippen molar-refractivity contribution in [2.45, 2.75) is 13.8 Å². The van der Waals surface area contributed by atoms with Crippen molar-refractivity contribution in [2.75, 3.05) is 0 Å². The Morgan fingerprint density at radius 2 is 2.15 bits per heavy atom. The SMILES string of the molecule is Cc1ncc(C)c(-c2ccco2)n1. The van der Waals surface area contributed by atoms with Crippen molar-refractivity contribution in [3.8, 4) is 11.5 Å². The third-order valence-electron chi connectivity index (χ3n) is 1.85. The molecule has 66 valence electrons. The van der Waals surface area contributed by atoms with E-state index in [-0.39, 0.29) is 0 Å². The molecule has 13 heavy (non-hydrogen) atoms. The first-order valence-electron chi connectivity index (χ1n) is 4.11. The minimum absolute atomic E-state index is 0.761. The largest absolute Gasteiger partial charge is 0.463 e. The fourth-order valence-electron chi connectivity index (χ4n) is 1.19. The highest BCUT2D eigenvalue weighted by Gasteiger charge is 2.06. The van der Waals surface area contributed by atoms with Gasteiger partial charge in [-0.25, -0.2) is 9.97 Å². The van der Waals surface area contributed by atoms with E-state index in [1.165, 1.54) is 0 Å². The maximum atomic E-state index is 5.27. The van der Waals surface area contributed by atoms with Gasteiger partial charge in [-0.1, -0.05) is 0 Å². The number of aryl methyl sites for hydroxylation is 2. The predicted octanol–water partition coefficient (Wildman–Crippen LogP) is 2.35. The van der Waals surface area contributed by atoms with Crippen LogP contribution in [0.25, 0.3) is 11.5 Å². The van der Waals surface area contributed by atoms with Crippen molar-refractivity contribution >= 4 is 0 Å². The van der Waals surface area contributed by atoms with Crippen LogP contribution >= 0.6 is 0 Å². The molecule has 0 bridgehead atoms. The summed E-state index contributed by atoms with van der Waals surface area (Å²) in [4.78, 5) is 8.41. The summed E-state index contributed by atoms with van der Waals surface area (Å²) in [7, 11) is 0. The smallest absolute Gasteiger partial charge is 0.152 e. The average molecular weight is 174 g/mol. The van der Waals surface area contributed by atoms with Crippen LogP contribution in [0.15, 0.2) is 29.0 Å². The quantitative estimate of drug-likeness (QED) is 0.666. The van der Waals surface area contributed by atoms with Crippen LogP contribution in [0.5, 0.6) is 0 Å². The van der Waals surface area contributed by atoms with Crippen molar-refractivity contribution in [2.24, 2.45) is 0 Å². The maximum absolute atomic E-state index is 5.27. The van der Waals surface area contributed by atoms with Crippen molar-refractivity contribution in [1.82, 2.24) is 9.97 Å². The van der Waals surface area contributed by atoms with E-state index in [1.54, 1.807) is 12.5 Å². The van der Waals surface area contributed by atoms with Gasteiger partial charge in [0, 0.05) is 6.20 Å². The van der Waals surface area contributed by atoms with Crippen molar-refractivity contribution in [3.05, 3.63) is 36.0 Å². The first-order chi connectivity index (χ1) is 6.27. The van der Waals surface area contributed by atoms with E-state index < -0.39 is 0 Å². The van der Waals surface area contributed by atoms with Gasteiger partial charge in [0.1, 0.15) is 11.5 Å². The third-order valence-corrected chi connectivity index (χ3v) is 1.85. The molecule has 3 nitrogen and oxygen atoms in total. The van der Waals surface area contributed by atoms with Gasteiger partial charge in [0.15, 0.2) is 5.76 Å². The fourth-order valence-corrected chi connectivity index (χ4v) is 1.19. The Morgan fingerprint density at radius 1 is 1.31 bits per heavy atom. The minimum Gasteiger partial charge on any atom is -0.463 e. The molecule has 0 N–H and O–H groups in total. The molecule has 0 unspecified atom stereocenters. The number of rotatable bonds is 1. The molecule has 2 heterocycles. The summed E-state index contributed by atoms with van der Waals surface area (Å²) in [6.45, 7) is 3.84. The Kier molecular flexibility index (Phi) is 1.85. The molecule has 0 saturated carbocycles. The first kappa shape index (κ1) is 7.98. The van der Waals surface area contributed by atoms with Crippen LogP contribution in [0, 0.1) is 13.8 Å². The molecule has 0 radical (unpaired) electrons. The Morgan fingerprint density at radius 3 is 2.85 bits per heavy atom. The molecule has 2 aromatic rings. The fraction of sp³-hybridized carbons (Fsp3) is 0.200. The zero-order valence-electron chi connectivity index (χ0n) is 7.61. The zero-order chi connectivity index (χ0) is 9.26. The average Bonchev–Trinajstić information content (AvgIpc) is 2.61. The summed E-state index contributed by atoms with van der Waals surface area (Å²) < 4.78 is 5.27. The number of hydrogen-bond acceptors (Lipinski definition) is 3. The topological polar surface area (TPSA) is 38.9 Å². The highest BCUT2D eigenvalue weighted by molar-refractivity contribution is 5.55. The van der Waals surface area contributed by atoms with Crippen LogP contribution < -0.4 is 0 Å². The van der Waals surface area contributed by atoms with Crippen LogP contribution in [-0.4, -0.2) is 9.97 Å². The van der Waals surface area contributed by atoms with E-state index >= 15 is 0 Å². The van der Waals surface area contributed by atoms with Gasteiger partial charge in [0.25, 0.3) is 0 Å². The first-order valence-corrected chi connectivity index (χ1v) is 4.11. The van der Waals surface area contributed by atoms with E-state index in [2.05, 4.69) is 9.97 Å². The van der Waals surface area contributed by atoms with Crippen LogP contribution in [0.4, 0.5) is 0 Å². The van der Waals surface area contributed by atoms with Crippen molar-refractivity contribution < 1.29 is 4.42 Å². The minimum atomic E-state index is 0.761. The molecular formula is C10H10N2O. The molecule has 2 aromatic heterocycles. The molecule has 0 aliphatic heterocycles. The van der Waals surface area contributed by atoms with Gasteiger partial charge in [-0.15, -0.1) is 0 Å². The second-order valence-corrected chi connectivity index (χ2v) is 2.93. The molecule has 2 rings (SSSR count). The number of hydrogen-bond donors (Lipinski definition) is 0. The monoisotopic (exact) mass is 174 g/mol. The molecule has 0 aliphatic rings. The lowest BCUT2D eigenvalue weighted by atomic mass is 10.2. The molecule has 3 heteroatoms. The Hall–Kier alpha value is -1.64. The highest BCUT2D eigenvalue weighted by atomic mass is 16.3. The lowest BCUT2D eigenvalue weighted by Crippen LogP contribution is -1.92. The van der Waals surface area contributed by atoms with Crippen LogP contribution in [0.2, 0.25) is 0 Å². The summed E-state index contributed by atoms with van der Waals surface area (Å²) in [5, 5.41) is 0. The van der Waals surface area contributed by atoms with E-state index in [0.29, 0.717) is 0 Å². The normalized spacial score (nSPS) is 10.3. The Labute approximate surface area is 76.5 Å². The molecule has 0 aromatic carbocycles. The van der Waals surface area contributed by atoms with E-state index in [0.717, 1.165) is 22.8 Å². The van der Waals surface area contributed by atoms with Gasteiger partial charge >= 0.3 is 0 Å². The van der Waals surface area contributed by atoms with Gasteiger partial charge in [-0.2, -0.15) is 0 Å².